The number of anilines is 1. The third-order valence-corrected chi connectivity index (χ3v) is 2.25. The highest BCUT2D eigenvalue weighted by Gasteiger charge is 2.12. The van der Waals surface area contributed by atoms with Gasteiger partial charge in [0.2, 0.25) is 5.91 Å². The zero-order valence-corrected chi connectivity index (χ0v) is 10.2. The van der Waals surface area contributed by atoms with Crippen LogP contribution in [-0.2, 0) is 14.3 Å². The van der Waals surface area contributed by atoms with E-state index >= 15 is 0 Å². The number of carbonyl (C=O) groups is 3. The first-order chi connectivity index (χ1) is 8.93. The van der Waals surface area contributed by atoms with Crippen LogP contribution >= 0.6 is 0 Å². The van der Waals surface area contributed by atoms with Gasteiger partial charge in [-0.2, -0.15) is 0 Å². The van der Waals surface area contributed by atoms with Crippen molar-refractivity contribution in [3.8, 4) is 5.75 Å². The number of methoxy groups -OCH3 is 1. The van der Waals surface area contributed by atoms with E-state index in [0.29, 0.717) is 0 Å². The second kappa shape index (κ2) is 6.39. The van der Waals surface area contributed by atoms with Gasteiger partial charge in [-0.15, -0.1) is 0 Å². The Kier molecular flexibility index (Phi) is 4.87. The first-order valence-electron chi connectivity index (χ1n) is 5.37. The molecule has 0 saturated carbocycles. The van der Waals surface area contributed by atoms with Gasteiger partial charge in [0.1, 0.15) is 11.3 Å². The van der Waals surface area contributed by atoms with Crippen LogP contribution in [0.3, 0.4) is 0 Å². The largest absolute Gasteiger partial charge is 0.507 e. The molecule has 1 aromatic rings. The number of nitrogens with one attached hydrogen (secondary N) is 1. The van der Waals surface area contributed by atoms with Crippen LogP contribution in [0, 0.1) is 0 Å². The summed E-state index contributed by atoms with van der Waals surface area (Å²) in [4.78, 5) is 32.9. The summed E-state index contributed by atoms with van der Waals surface area (Å²) in [7, 11) is 1.18. The molecular formula is C12H13NO6. The van der Waals surface area contributed by atoms with Gasteiger partial charge in [0.15, 0.2) is 0 Å². The van der Waals surface area contributed by atoms with E-state index in [0.717, 1.165) is 0 Å². The highest BCUT2D eigenvalue weighted by atomic mass is 16.5. The van der Waals surface area contributed by atoms with E-state index in [1.165, 1.54) is 25.3 Å². The number of esters is 1. The Hall–Kier alpha value is -2.57. The first-order valence-corrected chi connectivity index (χ1v) is 5.37. The number of benzene rings is 1. The van der Waals surface area contributed by atoms with E-state index in [2.05, 4.69) is 10.1 Å². The molecule has 0 atom stereocenters. The Morgan fingerprint density at radius 1 is 1.26 bits per heavy atom. The van der Waals surface area contributed by atoms with Crippen LogP contribution in [-0.4, -0.2) is 35.2 Å². The van der Waals surface area contributed by atoms with Crippen LogP contribution in [0.4, 0.5) is 5.69 Å². The minimum Gasteiger partial charge on any atom is -0.507 e. The number of amides is 1. The molecule has 0 aliphatic carbocycles. The zero-order valence-electron chi connectivity index (χ0n) is 10.2. The highest BCUT2D eigenvalue weighted by molar-refractivity contribution is 5.95. The molecule has 0 aromatic heterocycles. The minimum absolute atomic E-state index is 0.0222. The fraction of sp³-hybridized carbons (Fsp3) is 0.250. The number of phenols is 1. The maximum atomic E-state index is 11.4. The average Bonchev–Trinajstić information content (AvgIpc) is 2.35. The van der Waals surface area contributed by atoms with Crippen molar-refractivity contribution >= 4 is 23.5 Å². The summed E-state index contributed by atoms with van der Waals surface area (Å²) in [6, 6.07) is 3.89. The molecule has 0 spiro atoms. The average molecular weight is 267 g/mol. The smallest absolute Gasteiger partial charge is 0.341 e. The van der Waals surface area contributed by atoms with Crippen LogP contribution in [0.15, 0.2) is 18.2 Å². The number of rotatable bonds is 5. The predicted octanol–water partition coefficient (Wildman–Crippen LogP) is 0.982. The van der Waals surface area contributed by atoms with Crippen molar-refractivity contribution in [3.63, 3.8) is 0 Å². The molecular weight excluding hydrogens is 254 g/mol. The Balaban J connectivity index is 2.71. The molecule has 3 N–H and O–H groups in total. The lowest BCUT2D eigenvalue weighted by molar-refractivity contribution is -0.138. The van der Waals surface area contributed by atoms with Gasteiger partial charge in [-0.05, 0) is 12.1 Å². The number of carboxylic acids is 1. The van der Waals surface area contributed by atoms with Gasteiger partial charge in [0.25, 0.3) is 0 Å². The van der Waals surface area contributed by atoms with Crippen molar-refractivity contribution in [1.82, 2.24) is 0 Å². The molecule has 0 bridgehead atoms. The fourth-order valence-electron chi connectivity index (χ4n) is 1.34. The summed E-state index contributed by atoms with van der Waals surface area (Å²) < 4.78 is 4.45. The molecule has 0 fully saturated rings. The van der Waals surface area contributed by atoms with Crippen molar-refractivity contribution < 1.29 is 29.3 Å². The Bertz CT molecular complexity index is 511. The Morgan fingerprint density at radius 3 is 2.47 bits per heavy atom. The van der Waals surface area contributed by atoms with Crippen molar-refractivity contribution in [2.24, 2.45) is 0 Å². The van der Waals surface area contributed by atoms with E-state index in [1.54, 1.807) is 0 Å². The molecule has 1 aromatic carbocycles. The van der Waals surface area contributed by atoms with E-state index in [9.17, 15) is 19.5 Å². The van der Waals surface area contributed by atoms with Crippen LogP contribution < -0.4 is 5.32 Å². The monoisotopic (exact) mass is 267 g/mol. The molecule has 0 aliphatic rings. The number of aliphatic carboxylic acids is 1. The Morgan fingerprint density at radius 2 is 1.95 bits per heavy atom. The summed E-state index contributed by atoms with van der Waals surface area (Å²) in [5.74, 6) is -2.59. The molecule has 1 rings (SSSR count). The lowest BCUT2D eigenvalue weighted by Crippen LogP contribution is -2.13. The van der Waals surface area contributed by atoms with Crippen LogP contribution in [0.1, 0.15) is 23.2 Å². The highest BCUT2D eigenvalue weighted by Crippen LogP contribution is 2.22. The topological polar surface area (TPSA) is 113 Å². The number of aromatic hydroxyl groups is 1. The molecule has 0 heterocycles. The molecule has 19 heavy (non-hydrogen) atoms. The summed E-state index contributed by atoms with van der Waals surface area (Å²) in [5.41, 5.74) is 0.242. The van der Waals surface area contributed by atoms with Crippen molar-refractivity contribution in [2.45, 2.75) is 12.8 Å². The minimum atomic E-state index is -1.07. The summed E-state index contributed by atoms with van der Waals surface area (Å²) in [6.45, 7) is 0. The normalized spacial score (nSPS) is 9.74. The molecule has 7 heteroatoms. The van der Waals surface area contributed by atoms with E-state index in [4.69, 9.17) is 5.11 Å². The predicted molar refractivity (Wildman–Crippen MR) is 64.9 cm³/mol. The van der Waals surface area contributed by atoms with Crippen LogP contribution in [0.5, 0.6) is 5.75 Å². The van der Waals surface area contributed by atoms with E-state index in [-0.39, 0.29) is 29.8 Å². The summed E-state index contributed by atoms with van der Waals surface area (Å²) in [5, 5.41) is 20.4. The number of phenolic OH excluding ortho intramolecular Hbond substituents is 1. The number of hydrogen-bond acceptors (Lipinski definition) is 5. The SMILES string of the molecule is COC(=O)c1ccc(NC(=O)CCC(=O)O)cc1O. The van der Waals surface area contributed by atoms with Gasteiger partial charge < -0.3 is 20.3 Å². The molecule has 1 amide bonds. The second-order valence-corrected chi connectivity index (χ2v) is 3.67. The van der Waals surface area contributed by atoms with Gasteiger partial charge in [-0.3, -0.25) is 9.59 Å². The third kappa shape index (κ3) is 4.30. The first kappa shape index (κ1) is 14.5. The number of carboxylic acid groups (broad SMARTS) is 1. The van der Waals surface area contributed by atoms with Gasteiger partial charge in [0.05, 0.1) is 13.5 Å². The maximum absolute atomic E-state index is 11.4. The maximum Gasteiger partial charge on any atom is 0.341 e. The second-order valence-electron chi connectivity index (χ2n) is 3.67. The van der Waals surface area contributed by atoms with E-state index < -0.39 is 17.8 Å². The fourth-order valence-corrected chi connectivity index (χ4v) is 1.34. The van der Waals surface area contributed by atoms with Crippen molar-refractivity contribution in [3.05, 3.63) is 23.8 Å². The summed E-state index contributed by atoms with van der Waals surface area (Å²) >= 11 is 0. The quantitative estimate of drug-likeness (QED) is 0.685. The lowest BCUT2D eigenvalue weighted by atomic mass is 10.1. The summed E-state index contributed by atoms with van der Waals surface area (Å²) in [6.07, 6.45) is -0.451. The van der Waals surface area contributed by atoms with Gasteiger partial charge in [-0.1, -0.05) is 0 Å². The van der Waals surface area contributed by atoms with Crippen molar-refractivity contribution in [1.29, 1.82) is 0 Å². The number of hydrogen-bond donors (Lipinski definition) is 3. The van der Waals surface area contributed by atoms with E-state index in [1.807, 2.05) is 0 Å². The lowest BCUT2D eigenvalue weighted by Gasteiger charge is -2.07. The van der Waals surface area contributed by atoms with Gasteiger partial charge in [0, 0.05) is 18.2 Å². The van der Waals surface area contributed by atoms with Crippen molar-refractivity contribution in [2.75, 3.05) is 12.4 Å². The number of ether oxygens (including phenoxy) is 1. The van der Waals surface area contributed by atoms with Gasteiger partial charge in [-0.25, -0.2) is 4.79 Å². The number of carbonyl (C=O) groups excluding carboxylic acids is 2. The zero-order chi connectivity index (χ0) is 14.4. The molecule has 102 valence electrons. The Labute approximate surface area is 108 Å². The third-order valence-electron chi connectivity index (χ3n) is 2.25. The molecule has 0 aliphatic heterocycles. The molecule has 0 radical (unpaired) electrons. The van der Waals surface area contributed by atoms with Crippen LogP contribution in [0.2, 0.25) is 0 Å². The molecule has 0 unspecified atom stereocenters. The standard InChI is InChI=1S/C12H13NO6/c1-19-12(18)8-3-2-7(6-9(8)14)13-10(15)4-5-11(16)17/h2-3,6,14H,4-5H2,1H3,(H,13,15)(H,16,17). The van der Waals surface area contributed by atoms with Crippen LogP contribution in [0.25, 0.3) is 0 Å². The molecule has 7 nitrogen and oxygen atoms in total. The molecule has 0 saturated heterocycles. The van der Waals surface area contributed by atoms with Gasteiger partial charge >= 0.3 is 11.9 Å².